The molecule has 0 aliphatic heterocycles. The normalized spacial score (nSPS) is 12.7. The van der Waals surface area contributed by atoms with Crippen LogP contribution >= 0.6 is 11.6 Å². The van der Waals surface area contributed by atoms with Crippen LogP contribution in [0, 0.1) is 5.82 Å². The number of aryl methyl sites for hydroxylation is 2. The summed E-state index contributed by atoms with van der Waals surface area (Å²) in [6.07, 6.45) is 1.38. The summed E-state index contributed by atoms with van der Waals surface area (Å²) in [6, 6.07) is 6.04. The van der Waals surface area contributed by atoms with E-state index in [9.17, 15) is 4.39 Å². The first-order valence-electron chi connectivity index (χ1n) is 6.81. The summed E-state index contributed by atoms with van der Waals surface area (Å²) in [7, 11) is 0. The predicted octanol–water partition coefficient (Wildman–Crippen LogP) is 3.50. The molecule has 0 radical (unpaired) electrons. The SMILES string of the molecule is CCc1nn(CC)c(CC(N)c2ccc(F)cc2)c1Cl. The van der Waals surface area contributed by atoms with Gasteiger partial charge in [0.15, 0.2) is 0 Å². The fraction of sp³-hybridized carbons (Fsp3) is 0.400. The van der Waals surface area contributed by atoms with Gasteiger partial charge >= 0.3 is 0 Å². The lowest BCUT2D eigenvalue weighted by Crippen LogP contribution is -2.16. The van der Waals surface area contributed by atoms with Crippen LogP contribution in [0.5, 0.6) is 0 Å². The molecule has 1 heterocycles. The molecule has 0 bridgehead atoms. The Morgan fingerprint density at radius 3 is 2.50 bits per heavy atom. The molecule has 20 heavy (non-hydrogen) atoms. The Balaban J connectivity index is 2.25. The zero-order valence-electron chi connectivity index (χ0n) is 11.7. The molecule has 2 N–H and O–H groups in total. The van der Waals surface area contributed by atoms with Crippen molar-refractivity contribution in [3.63, 3.8) is 0 Å². The molecule has 2 rings (SSSR count). The van der Waals surface area contributed by atoms with Crippen molar-refractivity contribution in [1.29, 1.82) is 0 Å². The van der Waals surface area contributed by atoms with E-state index in [4.69, 9.17) is 17.3 Å². The average molecular weight is 296 g/mol. The van der Waals surface area contributed by atoms with Gasteiger partial charge in [-0.25, -0.2) is 4.39 Å². The van der Waals surface area contributed by atoms with E-state index in [1.54, 1.807) is 12.1 Å². The lowest BCUT2D eigenvalue weighted by Gasteiger charge is -2.13. The molecule has 2 aromatic rings. The van der Waals surface area contributed by atoms with Gasteiger partial charge in [0.2, 0.25) is 0 Å². The van der Waals surface area contributed by atoms with E-state index in [0.29, 0.717) is 11.4 Å². The number of nitrogens with zero attached hydrogens (tertiary/aromatic N) is 2. The quantitative estimate of drug-likeness (QED) is 0.917. The molecule has 1 atom stereocenters. The third kappa shape index (κ3) is 3.02. The smallest absolute Gasteiger partial charge is 0.123 e. The van der Waals surface area contributed by atoms with Gasteiger partial charge in [-0.1, -0.05) is 30.7 Å². The molecule has 108 valence electrons. The zero-order valence-corrected chi connectivity index (χ0v) is 12.5. The van der Waals surface area contributed by atoms with Crippen LogP contribution in [-0.2, 0) is 19.4 Å². The Morgan fingerprint density at radius 1 is 1.30 bits per heavy atom. The van der Waals surface area contributed by atoms with Crippen LogP contribution < -0.4 is 5.73 Å². The van der Waals surface area contributed by atoms with Gasteiger partial charge < -0.3 is 5.73 Å². The summed E-state index contributed by atoms with van der Waals surface area (Å²) in [5, 5.41) is 5.18. The molecule has 0 saturated carbocycles. The molecule has 0 fully saturated rings. The number of hydrogen-bond acceptors (Lipinski definition) is 2. The van der Waals surface area contributed by atoms with Crippen molar-refractivity contribution in [3.8, 4) is 0 Å². The first-order valence-corrected chi connectivity index (χ1v) is 7.19. The largest absolute Gasteiger partial charge is 0.324 e. The Hall–Kier alpha value is -1.39. The van der Waals surface area contributed by atoms with Crippen molar-refractivity contribution in [1.82, 2.24) is 9.78 Å². The third-order valence-electron chi connectivity index (χ3n) is 3.41. The Morgan fingerprint density at radius 2 is 1.95 bits per heavy atom. The van der Waals surface area contributed by atoms with E-state index in [0.717, 1.165) is 29.9 Å². The summed E-state index contributed by atoms with van der Waals surface area (Å²) in [6.45, 7) is 4.80. The van der Waals surface area contributed by atoms with Gasteiger partial charge in [0, 0.05) is 19.0 Å². The maximum Gasteiger partial charge on any atom is 0.123 e. The van der Waals surface area contributed by atoms with Gasteiger partial charge in [0.05, 0.1) is 16.4 Å². The third-order valence-corrected chi connectivity index (χ3v) is 3.84. The molecule has 1 aromatic heterocycles. The standard InChI is InChI=1S/C15H19ClFN3/c1-3-13-15(16)14(20(4-2)19-13)9-12(18)10-5-7-11(17)8-6-10/h5-8,12H,3-4,9,18H2,1-2H3. The van der Waals surface area contributed by atoms with Crippen LogP contribution in [0.15, 0.2) is 24.3 Å². The van der Waals surface area contributed by atoms with E-state index in [2.05, 4.69) is 5.10 Å². The summed E-state index contributed by atoms with van der Waals surface area (Å²) >= 11 is 6.37. The molecule has 0 saturated heterocycles. The highest BCUT2D eigenvalue weighted by Crippen LogP contribution is 2.26. The van der Waals surface area contributed by atoms with Gasteiger partial charge in [-0.15, -0.1) is 0 Å². The van der Waals surface area contributed by atoms with E-state index in [1.807, 2.05) is 18.5 Å². The van der Waals surface area contributed by atoms with Crippen molar-refractivity contribution >= 4 is 11.6 Å². The minimum Gasteiger partial charge on any atom is -0.324 e. The maximum absolute atomic E-state index is 12.9. The summed E-state index contributed by atoms with van der Waals surface area (Å²) in [5.41, 5.74) is 8.94. The zero-order chi connectivity index (χ0) is 14.7. The minimum absolute atomic E-state index is 0.222. The highest BCUT2D eigenvalue weighted by molar-refractivity contribution is 6.31. The van der Waals surface area contributed by atoms with E-state index in [-0.39, 0.29) is 11.9 Å². The molecule has 0 aliphatic carbocycles. The van der Waals surface area contributed by atoms with Crippen molar-refractivity contribution in [2.24, 2.45) is 5.73 Å². The molecule has 5 heteroatoms. The molecule has 0 amide bonds. The van der Waals surface area contributed by atoms with Crippen LogP contribution in [0.4, 0.5) is 4.39 Å². The summed E-state index contributed by atoms with van der Waals surface area (Å²) in [5.74, 6) is -0.258. The van der Waals surface area contributed by atoms with Crippen LogP contribution in [0.2, 0.25) is 5.02 Å². The lowest BCUT2D eigenvalue weighted by molar-refractivity contribution is 0.584. The highest BCUT2D eigenvalue weighted by atomic mass is 35.5. The second kappa shape index (κ2) is 6.37. The first kappa shape index (κ1) is 15.0. The fourth-order valence-corrected chi connectivity index (χ4v) is 2.59. The minimum atomic E-state index is -0.258. The number of aromatic nitrogens is 2. The van der Waals surface area contributed by atoms with Gasteiger partial charge in [-0.2, -0.15) is 5.10 Å². The highest BCUT2D eigenvalue weighted by Gasteiger charge is 2.17. The monoisotopic (exact) mass is 295 g/mol. The van der Waals surface area contributed by atoms with E-state index >= 15 is 0 Å². The molecule has 0 spiro atoms. The predicted molar refractivity (Wildman–Crippen MR) is 79.3 cm³/mol. The topological polar surface area (TPSA) is 43.8 Å². The molecule has 0 aliphatic rings. The van der Waals surface area contributed by atoms with Crippen molar-refractivity contribution in [3.05, 3.63) is 52.1 Å². The van der Waals surface area contributed by atoms with Crippen molar-refractivity contribution in [2.75, 3.05) is 0 Å². The van der Waals surface area contributed by atoms with Crippen LogP contribution in [0.1, 0.15) is 36.8 Å². The molecular weight excluding hydrogens is 277 g/mol. The molecule has 3 nitrogen and oxygen atoms in total. The second-order valence-electron chi connectivity index (χ2n) is 4.74. The average Bonchev–Trinajstić information content (AvgIpc) is 2.76. The van der Waals surface area contributed by atoms with Crippen LogP contribution in [0.25, 0.3) is 0 Å². The Bertz CT molecular complexity index is 578. The molecule has 1 aromatic carbocycles. The number of halogens is 2. The van der Waals surface area contributed by atoms with Crippen molar-refractivity contribution in [2.45, 2.75) is 39.3 Å². The Labute approximate surface area is 123 Å². The van der Waals surface area contributed by atoms with Crippen LogP contribution in [0.3, 0.4) is 0 Å². The summed E-state index contributed by atoms with van der Waals surface area (Å²) in [4.78, 5) is 0. The first-order chi connectivity index (χ1) is 9.56. The molecule has 1 unspecified atom stereocenters. The Kier molecular flexibility index (Phi) is 4.78. The van der Waals surface area contributed by atoms with Crippen molar-refractivity contribution < 1.29 is 4.39 Å². The number of rotatable bonds is 5. The number of nitrogens with two attached hydrogens (primary N) is 1. The van der Waals surface area contributed by atoms with Gasteiger partial charge in [0.1, 0.15) is 5.82 Å². The summed E-state index contributed by atoms with van der Waals surface area (Å²) < 4.78 is 14.8. The molecular formula is C15H19ClFN3. The number of benzene rings is 1. The lowest BCUT2D eigenvalue weighted by atomic mass is 10.0. The second-order valence-corrected chi connectivity index (χ2v) is 5.12. The van der Waals surface area contributed by atoms with E-state index < -0.39 is 0 Å². The fourth-order valence-electron chi connectivity index (χ4n) is 2.25. The van der Waals surface area contributed by atoms with Gasteiger partial charge in [-0.05, 0) is 31.0 Å². The van der Waals surface area contributed by atoms with Crippen LogP contribution in [-0.4, -0.2) is 9.78 Å². The maximum atomic E-state index is 12.9. The van der Waals surface area contributed by atoms with Gasteiger partial charge in [0.25, 0.3) is 0 Å². The van der Waals surface area contributed by atoms with E-state index in [1.165, 1.54) is 12.1 Å². The van der Waals surface area contributed by atoms with Gasteiger partial charge in [-0.3, -0.25) is 4.68 Å². The number of hydrogen-bond donors (Lipinski definition) is 1.